The first-order valence-electron chi connectivity index (χ1n) is 5.16. The lowest BCUT2D eigenvalue weighted by atomic mass is 10.1. The van der Waals surface area contributed by atoms with E-state index in [9.17, 15) is 15.0 Å². The summed E-state index contributed by atoms with van der Waals surface area (Å²) in [5.41, 5.74) is 0.510. The second kappa shape index (κ2) is 5.65. The van der Waals surface area contributed by atoms with Crippen LogP contribution in [0.2, 0.25) is 9.36 Å². The zero-order chi connectivity index (χ0) is 14.0. The van der Waals surface area contributed by atoms with Crippen molar-refractivity contribution in [3.05, 3.63) is 50.1 Å². The fourth-order valence-electron chi connectivity index (χ4n) is 1.40. The number of ketones is 1. The summed E-state index contributed by atoms with van der Waals surface area (Å²) in [5, 5.41) is 18.7. The van der Waals surface area contributed by atoms with E-state index in [4.69, 9.17) is 23.2 Å². The molecule has 2 rings (SSSR count). The predicted molar refractivity (Wildman–Crippen MR) is 77.5 cm³/mol. The number of carbonyl (C=O) groups is 1. The SMILES string of the molecule is O=C(/C=C/c1cc(O)c(O)c(Cl)c1)c1ccc(Cl)s1. The smallest absolute Gasteiger partial charge is 0.195 e. The molecule has 1 aromatic carbocycles. The van der Waals surface area contributed by atoms with E-state index in [0.29, 0.717) is 14.8 Å². The van der Waals surface area contributed by atoms with Gasteiger partial charge >= 0.3 is 0 Å². The van der Waals surface area contributed by atoms with E-state index >= 15 is 0 Å². The number of thiophene rings is 1. The van der Waals surface area contributed by atoms with Gasteiger partial charge in [-0.2, -0.15) is 0 Å². The van der Waals surface area contributed by atoms with Crippen LogP contribution in [0.25, 0.3) is 6.08 Å². The predicted octanol–water partition coefficient (Wildman–Crippen LogP) is 4.36. The highest BCUT2D eigenvalue weighted by molar-refractivity contribution is 7.18. The van der Waals surface area contributed by atoms with Crippen LogP contribution in [0.4, 0.5) is 0 Å². The molecule has 0 atom stereocenters. The topological polar surface area (TPSA) is 57.5 Å². The molecule has 0 aliphatic rings. The molecule has 19 heavy (non-hydrogen) atoms. The van der Waals surface area contributed by atoms with Crippen LogP contribution >= 0.6 is 34.5 Å². The number of rotatable bonds is 3. The van der Waals surface area contributed by atoms with Gasteiger partial charge in [0.2, 0.25) is 0 Å². The van der Waals surface area contributed by atoms with Crippen molar-refractivity contribution < 1.29 is 15.0 Å². The molecular weight excluding hydrogens is 307 g/mol. The maximum Gasteiger partial charge on any atom is 0.195 e. The van der Waals surface area contributed by atoms with Crippen molar-refractivity contribution in [3.8, 4) is 11.5 Å². The Bertz CT molecular complexity index is 639. The van der Waals surface area contributed by atoms with Crippen LogP contribution in [-0.2, 0) is 0 Å². The molecule has 0 saturated carbocycles. The van der Waals surface area contributed by atoms with Crippen molar-refractivity contribution in [3.63, 3.8) is 0 Å². The minimum Gasteiger partial charge on any atom is -0.504 e. The number of carbonyl (C=O) groups excluding carboxylic acids is 1. The standard InChI is InChI=1S/C13H8Cl2O3S/c14-8-5-7(6-10(17)13(8)18)1-2-9(16)11-3-4-12(15)19-11/h1-6,17-18H/b2-1+. The van der Waals surface area contributed by atoms with Crippen LogP contribution in [0, 0.1) is 0 Å². The van der Waals surface area contributed by atoms with Crippen LogP contribution < -0.4 is 0 Å². The Morgan fingerprint density at radius 1 is 1.21 bits per heavy atom. The lowest BCUT2D eigenvalue weighted by molar-refractivity contribution is 0.105. The van der Waals surface area contributed by atoms with E-state index in [2.05, 4.69) is 0 Å². The first-order chi connectivity index (χ1) is 8.97. The Morgan fingerprint density at radius 3 is 2.53 bits per heavy atom. The van der Waals surface area contributed by atoms with Gasteiger partial charge in [0.1, 0.15) is 0 Å². The highest BCUT2D eigenvalue weighted by Gasteiger charge is 2.07. The Labute approximate surface area is 123 Å². The van der Waals surface area contributed by atoms with Gasteiger partial charge in [-0.05, 0) is 35.9 Å². The van der Waals surface area contributed by atoms with E-state index in [0.717, 1.165) is 0 Å². The van der Waals surface area contributed by atoms with Crippen molar-refractivity contribution >= 4 is 46.4 Å². The fraction of sp³-hybridized carbons (Fsp3) is 0. The lowest BCUT2D eigenvalue weighted by Crippen LogP contribution is -1.88. The third-order valence-electron chi connectivity index (χ3n) is 2.31. The zero-order valence-electron chi connectivity index (χ0n) is 9.43. The molecule has 0 unspecified atom stereocenters. The van der Waals surface area contributed by atoms with Crippen LogP contribution in [0.3, 0.4) is 0 Å². The number of aromatic hydroxyl groups is 2. The summed E-state index contributed by atoms with van der Waals surface area (Å²) in [6.07, 6.45) is 2.85. The monoisotopic (exact) mass is 314 g/mol. The average molecular weight is 315 g/mol. The Balaban J connectivity index is 2.21. The zero-order valence-corrected chi connectivity index (χ0v) is 11.8. The minimum atomic E-state index is -0.379. The largest absolute Gasteiger partial charge is 0.504 e. The van der Waals surface area contributed by atoms with E-state index < -0.39 is 0 Å². The number of allylic oxidation sites excluding steroid dienone is 1. The number of phenolic OH excluding ortho intramolecular Hbond substituents is 2. The number of hydrogen-bond acceptors (Lipinski definition) is 4. The number of hydrogen-bond donors (Lipinski definition) is 2. The average Bonchev–Trinajstić information content (AvgIpc) is 2.79. The van der Waals surface area contributed by atoms with Gasteiger partial charge in [0.25, 0.3) is 0 Å². The molecule has 0 spiro atoms. The maximum atomic E-state index is 11.8. The second-order valence-corrected chi connectivity index (χ2v) is 5.79. The van der Waals surface area contributed by atoms with Gasteiger partial charge in [0.05, 0.1) is 14.2 Å². The summed E-state index contributed by atoms with van der Waals surface area (Å²) in [4.78, 5) is 12.3. The number of benzene rings is 1. The molecule has 3 nitrogen and oxygen atoms in total. The molecule has 2 aromatic rings. The quantitative estimate of drug-likeness (QED) is 0.502. The Morgan fingerprint density at radius 2 is 1.95 bits per heavy atom. The van der Waals surface area contributed by atoms with Gasteiger partial charge in [-0.3, -0.25) is 4.79 Å². The normalized spacial score (nSPS) is 11.1. The number of phenols is 2. The Hall–Kier alpha value is -1.49. The summed E-state index contributed by atoms with van der Waals surface area (Å²) in [6.45, 7) is 0. The Kier molecular flexibility index (Phi) is 4.14. The molecule has 1 aromatic heterocycles. The molecule has 0 bridgehead atoms. The van der Waals surface area contributed by atoms with Crippen molar-refractivity contribution in [2.24, 2.45) is 0 Å². The van der Waals surface area contributed by atoms with Gasteiger partial charge in [-0.15, -0.1) is 11.3 Å². The van der Waals surface area contributed by atoms with Gasteiger partial charge in [-0.1, -0.05) is 29.3 Å². The van der Waals surface area contributed by atoms with Crippen LogP contribution in [0.15, 0.2) is 30.3 Å². The molecule has 0 fully saturated rings. The van der Waals surface area contributed by atoms with E-state index in [1.807, 2.05) is 0 Å². The van der Waals surface area contributed by atoms with E-state index in [1.165, 1.54) is 35.6 Å². The van der Waals surface area contributed by atoms with E-state index in [-0.39, 0.29) is 22.3 Å². The van der Waals surface area contributed by atoms with Crippen molar-refractivity contribution in [1.82, 2.24) is 0 Å². The lowest BCUT2D eigenvalue weighted by Gasteiger charge is -2.01. The second-order valence-electron chi connectivity index (χ2n) is 3.67. The molecule has 6 heteroatoms. The molecule has 1 heterocycles. The molecule has 98 valence electrons. The maximum absolute atomic E-state index is 11.8. The van der Waals surface area contributed by atoms with Gasteiger partial charge in [0, 0.05) is 0 Å². The fourth-order valence-corrected chi connectivity index (χ4v) is 2.59. The summed E-state index contributed by atoms with van der Waals surface area (Å²) in [5.74, 6) is -0.908. The van der Waals surface area contributed by atoms with Crippen molar-refractivity contribution in [2.45, 2.75) is 0 Å². The third kappa shape index (κ3) is 3.29. The van der Waals surface area contributed by atoms with Crippen LogP contribution in [-0.4, -0.2) is 16.0 Å². The van der Waals surface area contributed by atoms with Gasteiger partial charge in [0.15, 0.2) is 17.3 Å². The summed E-state index contributed by atoms with van der Waals surface area (Å²) in [7, 11) is 0. The molecule has 0 saturated heterocycles. The highest BCUT2D eigenvalue weighted by Crippen LogP contribution is 2.34. The van der Waals surface area contributed by atoms with Crippen molar-refractivity contribution in [1.29, 1.82) is 0 Å². The minimum absolute atomic E-state index is 0.0197. The third-order valence-corrected chi connectivity index (χ3v) is 3.84. The molecule has 0 radical (unpaired) electrons. The van der Waals surface area contributed by atoms with Gasteiger partial charge in [-0.25, -0.2) is 0 Å². The molecule has 2 N–H and O–H groups in total. The van der Waals surface area contributed by atoms with Crippen molar-refractivity contribution in [2.75, 3.05) is 0 Å². The highest BCUT2D eigenvalue weighted by atomic mass is 35.5. The molecule has 0 aliphatic carbocycles. The summed E-state index contributed by atoms with van der Waals surface area (Å²) >= 11 is 12.6. The number of halogens is 2. The molecule has 0 amide bonds. The first kappa shape index (κ1) is 13.9. The van der Waals surface area contributed by atoms with Crippen LogP contribution in [0.1, 0.15) is 15.2 Å². The van der Waals surface area contributed by atoms with E-state index in [1.54, 1.807) is 12.1 Å². The first-order valence-corrected chi connectivity index (χ1v) is 6.74. The summed E-state index contributed by atoms with van der Waals surface area (Å²) in [6, 6.07) is 6.05. The van der Waals surface area contributed by atoms with Gasteiger partial charge < -0.3 is 10.2 Å². The van der Waals surface area contributed by atoms with Crippen LogP contribution in [0.5, 0.6) is 11.5 Å². The summed E-state index contributed by atoms with van der Waals surface area (Å²) < 4.78 is 0.544. The molecule has 0 aliphatic heterocycles. The molecular formula is C13H8Cl2O3S.